The van der Waals surface area contributed by atoms with Gasteiger partial charge in [0.2, 0.25) is 11.0 Å². The molecule has 0 bridgehead atoms. The highest BCUT2D eigenvalue weighted by Crippen LogP contribution is 2.30. The molecule has 2 N–H and O–H groups in total. The van der Waals surface area contributed by atoms with Crippen LogP contribution in [0.2, 0.25) is 0 Å². The first-order chi connectivity index (χ1) is 14.5. The first kappa shape index (κ1) is 22.1. The quantitative estimate of drug-likeness (QED) is 0.345. The van der Waals surface area contributed by atoms with Gasteiger partial charge >= 0.3 is 0 Å². The molecule has 3 rings (SSSR count). The van der Waals surface area contributed by atoms with E-state index in [-0.39, 0.29) is 17.6 Å². The molecular weight excluding hydrogens is 492 g/mol. The highest BCUT2D eigenvalue weighted by Gasteiger charge is 2.13. The number of methoxy groups -OCH3 is 2. The summed E-state index contributed by atoms with van der Waals surface area (Å²) in [6.45, 7) is 0. The fraction of sp³-hybridized carbons (Fsp3) is 0.158. The molecule has 0 aliphatic rings. The maximum Gasteiger partial charge on any atom is 0.257 e. The van der Waals surface area contributed by atoms with E-state index in [0.717, 1.165) is 4.47 Å². The highest BCUT2D eigenvalue weighted by molar-refractivity contribution is 9.10. The topological polar surface area (TPSA) is 102 Å². The van der Waals surface area contributed by atoms with Gasteiger partial charge in [0.1, 0.15) is 0 Å². The average Bonchev–Trinajstić information content (AvgIpc) is 3.19. The largest absolute Gasteiger partial charge is 0.493 e. The Kier molecular flexibility index (Phi) is 7.66. The van der Waals surface area contributed by atoms with Crippen molar-refractivity contribution in [2.75, 3.05) is 30.6 Å². The van der Waals surface area contributed by atoms with Gasteiger partial charge < -0.3 is 14.8 Å². The van der Waals surface area contributed by atoms with Crippen molar-refractivity contribution in [3.05, 3.63) is 52.5 Å². The van der Waals surface area contributed by atoms with E-state index < -0.39 is 0 Å². The standard InChI is InChI=1S/C19H17BrN4O4S2/c1-27-14-7-6-13(9-15(14)28-2)21-16(25)10-29-19-24-23-18(30-19)22-17(26)11-4-3-5-12(20)8-11/h3-9H,10H2,1-2H3,(H,21,25)(H,22,23,26). The van der Waals surface area contributed by atoms with E-state index in [4.69, 9.17) is 9.47 Å². The summed E-state index contributed by atoms with van der Waals surface area (Å²) in [5.74, 6) is 0.758. The van der Waals surface area contributed by atoms with E-state index >= 15 is 0 Å². The SMILES string of the molecule is COc1ccc(NC(=O)CSc2nnc(NC(=O)c3cccc(Br)c3)s2)cc1OC. The second-order valence-corrected chi connectivity index (χ2v) is 8.86. The van der Waals surface area contributed by atoms with Crippen LogP contribution in [-0.4, -0.2) is 42.0 Å². The van der Waals surface area contributed by atoms with Crippen LogP contribution in [0.4, 0.5) is 10.8 Å². The summed E-state index contributed by atoms with van der Waals surface area (Å²) in [5.41, 5.74) is 1.10. The molecule has 11 heteroatoms. The number of aromatic nitrogens is 2. The molecule has 0 radical (unpaired) electrons. The van der Waals surface area contributed by atoms with Crippen LogP contribution in [0.5, 0.6) is 11.5 Å². The Hall–Kier alpha value is -2.63. The van der Waals surface area contributed by atoms with Gasteiger partial charge in [0.05, 0.1) is 20.0 Å². The Morgan fingerprint density at radius 2 is 1.87 bits per heavy atom. The summed E-state index contributed by atoms with van der Waals surface area (Å²) in [4.78, 5) is 24.5. The number of carbonyl (C=O) groups is 2. The molecule has 0 spiro atoms. The number of thioether (sulfide) groups is 1. The number of rotatable bonds is 8. The molecule has 0 fully saturated rings. The van der Waals surface area contributed by atoms with Gasteiger partial charge in [-0.3, -0.25) is 14.9 Å². The normalized spacial score (nSPS) is 10.4. The Bertz CT molecular complexity index is 1060. The molecule has 0 unspecified atom stereocenters. The van der Waals surface area contributed by atoms with E-state index in [9.17, 15) is 9.59 Å². The second-order valence-electron chi connectivity index (χ2n) is 5.74. The fourth-order valence-corrected chi connectivity index (χ4v) is 4.30. The molecule has 0 saturated carbocycles. The summed E-state index contributed by atoms with van der Waals surface area (Å²) in [6, 6.07) is 12.2. The van der Waals surface area contributed by atoms with Crippen LogP contribution < -0.4 is 20.1 Å². The van der Waals surface area contributed by atoms with Gasteiger partial charge in [0, 0.05) is 21.8 Å². The molecular formula is C19H17BrN4O4S2. The Morgan fingerprint density at radius 3 is 2.60 bits per heavy atom. The Morgan fingerprint density at radius 1 is 1.07 bits per heavy atom. The lowest BCUT2D eigenvalue weighted by atomic mass is 10.2. The summed E-state index contributed by atoms with van der Waals surface area (Å²) >= 11 is 5.76. The molecule has 0 aliphatic carbocycles. The predicted octanol–water partition coefficient (Wildman–Crippen LogP) is 4.30. The Balaban J connectivity index is 1.52. The third-order valence-corrected chi connectivity index (χ3v) is 6.17. The fourth-order valence-electron chi connectivity index (χ4n) is 2.36. The number of carbonyl (C=O) groups excluding carboxylic acids is 2. The van der Waals surface area contributed by atoms with Gasteiger partial charge in [-0.15, -0.1) is 10.2 Å². The molecule has 3 aromatic rings. The van der Waals surface area contributed by atoms with Gasteiger partial charge in [-0.2, -0.15) is 0 Å². The molecule has 2 amide bonds. The zero-order valence-corrected chi connectivity index (χ0v) is 19.2. The van der Waals surface area contributed by atoms with Crippen LogP contribution in [0.25, 0.3) is 0 Å². The molecule has 2 aromatic carbocycles. The number of ether oxygens (including phenoxy) is 2. The van der Waals surface area contributed by atoms with Crippen molar-refractivity contribution in [3.63, 3.8) is 0 Å². The van der Waals surface area contributed by atoms with Crippen LogP contribution in [0.3, 0.4) is 0 Å². The first-order valence-electron chi connectivity index (χ1n) is 8.53. The lowest BCUT2D eigenvalue weighted by Crippen LogP contribution is -2.14. The smallest absolute Gasteiger partial charge is 0.257 e. The number of nitrogens with one attached hydrogen (secondary N) is 2. The van der Waals surface area contributed by atoms with Gasteiger partial charge in [-0.25, -0.2) is 0 Å². The van der Waals surface area contributed by atoms with Crippen LogP contribution in [0.15, 0.2) is 51.3 Å². The number of halogens is 1. The monoisotopic (exact) mass is 508 g/mol. The Labute approximate surface area is 189 Å². The lowest BCUT2D eigenvalue weighted by Gasteiger charge is -2.10. The van der Waals surface area contributed by atoms with Crippen molar-refractivity contribution in [2.45, 2.75) is 4.34 Å². The lowest BCUT2D eigenvalue weighted by molar-refractivity contribution is -0.113. The number of nitrogens with zero attached hydrogens (tertiary/aromatic N) is 2. The van der Waals surface area contributed by atoms with Gasteiger partial charge in [0.15, 0.2) is 15.8 Å². The van der Waals surface area contributed by atoms with Crippen LogP contribution in [0, 0.1) is 0 Å². The molecule has 0 saturated heterocycles. The summed E-state index contributed by atoms with van der Waals surface area (Å²) in [6.07, 6.45) is 0. The number of hydrogen-bond acceptors (Lipinski definition) is 8. The molecule has 30 heavy (non-hydrogen) atoms. The summed E-state index contributed by atoms with van der Waals surface area (Å²) < 4.78 is 11.8. The van der Waals surface area contributed by atoms with Crippen molar-refractivity contribution in [1.29, 1.82) is 0 Å². The van der Waals surface area contributed by atoms with Crippen LogP contribution in [0.1, 0.15) is 10.4 Å². The molecule has 156 valence electrons. The number of anilines is 2. The number of hydrogen-bond donors (Lipinski definition) is 2. The highest BCUT2D eigenvalue weighted by atomic mass is 79.9. The van der Waals surface area contributed by atoms with Crippen molar-refractivity contribution in [2.24, 2.45) is 0 Å². The van der Waals surface area contributed by atoms with E-state index in [1.54, 1.807) is 43.5 Å². The minimum Gasteiger partial charge on any atom is -0.493 e. The minimum absolute atomic E-state index is 0.141. The van der Waals surface area contributed by atoms with Gasteiger partial charge in [-0.05, 0) is 30.3 Å². The molecule has 0 aliphatic heterocycles. The third-order valence-electron chi connectivity index (χ3n) is 3.71. The average molecular weight is 509 g/mol. The molecule has 1 heterocycles. The summed E-state index contributed by atoms with van der Waals surface area (Å²) in [5, 5.41) is 13.8. The predicted molar refractivity (Wildman–Crippen MR) is 121 cm³/mol. The third kappa shape index (κ3) is 5.94. The van der Waals surface area contributed by atoms with Gasteiger partial charge in [0.25, 0.3) is 5.91 Å². The van der Waals surface area contributed by atoms with Crippen LogP contribution in [-0.2, 0) is 4.79 Å². The maximum atomic E-state index is 12.3. The first-order valence-corrected chi connectivity index (χ1v) is 11.1. The molecule has 0 atom stereocenters. The van der Waals surface area contributed by atoms with Gasteiger partial charge in [-0.1, -0.05) is 45.1 Å². The second kappa shape index (κ2) is 10.4. The zero-order chi connectivity index (χ0) is 21.5. The molecule has 8 nitrogen and oxygen atoms in total. The van der Waals surface area contributed by atoms with E-state index in [0.29, 0.717) is 32.2 Å². The van der Waals surface area contributed by atoms with E-state index in [1.165, 1.54) is 30.2 Å². The maximum absolute atomic E-state index is 12.3. The van der Waals surface area contributed by atoms with Crippen molar-refractivity contribution in [3.8, 4) is 11.5 Å². The van der Waals surface area contributed by atoms with Crippen molar-refractivity contribution < 1.29 is 19.1 Å². The zero-order valence-electron chi connectivity index (χ0n) is 16.0. The van der Waals surface area contributed by atoms with Crippen LogP contribution >= 0.6 is 39.0 Å². The van der Waals surface area contributed by atoms with E-state index in [2.05, 4.69) is 36.8 Å². The molecule has 1 aromatic heterocycles. The summed E-state index contributed by atoms with van der Waals surface area (Å²) in [7, 11) is 3.08. The van der Waals surface area contributed by atoms with E-state index in [1.807, 2.05) is 6.07 Å². The number of amides is 2. The number of benzene rings is 2. The minimum atomic E-state index is -0.282. The van der Waals surface area contributed by atoms with Crippen molar-refractivity contribution in [1.82, 2.24) is 10.2 Å². The van der Waals surface area contributed by atoms with Crippen molar-refractivity contribution >= 4 is 61.7 Å².